The van der Waals surface area contributed by atoms with Gasteiger partial charge in [-0.2, -0.15) is 5.26 Å². The van der Waals surface area contributed by atoms with Gasteiger partial charge in [0.1, 0.15) is 36.3 Å². The van der Waals surface area contributed by atoms with Crippen molar-refractivity contribution in [3.8, 4) is 6.07 Å². The molecular formula is C47H81N7O8. The molecule has 0 bridgehead atoms. The lowest BCUT2D eigenvalue weighted by Gasteiger charge is -2.37. The Balaban J connectivity index is 2.86. The third-order valence-corrected chi connectivity index (χ3v) is 13.0. The number of carbonyl (C=O) groups is 7. The molecule has 352 valence electrons. The molecule has 6 amide bonds. The molecule has 2 rings (SSSR count). The normalized spacial score (nSPS) is 27.3. The van der Waals surface area contributed by atoms with Gasteiger partial charge in [-0.25, -0.2) is 4.79 Å². The molecule has 0 radical (unpaired) electrons. The molecule has 1 heterocycles. The molecule has 2 aliphatic rings. The maximum absolute atomic E-state index is 14.8. The first kappa shape index (κ1) is 53.9. The second-order valence-corrected chi connectivity index (χ2v) is 19.2. The average Bonchev–Trinajstić information content (AvgIpc) is 3.24. The van der Waals surface area contributed by atoms with Crippen molar-refractivity contribution in [3.05, 3.63) is 0 Å². The summed E-state index contributed by atoms with van der Waals surface area (Å²) in [5.74, 6) is -4.57. The van der Waals surface area contributed by atoms with E-state index < -0.39 is 89.7 Å². The lowest BCUT2D eigenvalue weighted by Crippen LogP contribution is -2.60. The molecule has 2 unspecified atom stereocenters. The van der Waals surface area contributed by atoms with E-state index in [9.17, 15) is 38.8 Å². The number of nitriles is 1. The first-order valence-electron chi connectivity index (χ1n) is 23.5. The van der Waals surface area contributed by atoms with E-state index in [0.29, 0.717) is 12.8 Å². The van der Waals surface area contributed by atoms with E-state index in [1.807, 2.05) is 47.6 Å². The third-order valence-electron chi connectivity index (χ3n) is 13.0. The number of carbonyl (C=O) groups excluding carboxylic acids is 7. The number of likely N-dealkylation sites (N-methyl/N-ethyl adjacent to an activating group) is 3. The van der Waals surface area contributed by atoms with Gasteiger partial charge in [-0.15, -0.1) is 0 Å². The fourth-order valence-electron chi connectivity index (χ4n) is 8.56. The predicted octanol–water partition coefficient (Wildman–Crippen LogP) is 5.50. The Morgan fingerprint density at radius 1 is 0.710 bits per heavy atom. The van der Waals surface area contributed by atoms with E-state index in [0.717, 1.165) is 51.4 Å². The summed E-state index contributed by atoms with van der Waals surface area (Å²) in [5, 5.41) is 18.2. The molecule has 15 heteroatoms. The summed E-state index contributed by atoms with van der Waals surface area (Å²) < 4.78 is 5.75. The van der Waals surface area contributed by atoms with Crippen molar-refractivity contribution < 1.29 is 38.3 Å². The molecule has 15 nitrogen and oxygen atoms in total. The highest BCUT2D eigenvalue weighted by Gasteiger charge is 2.41. The second-order valence-electron chi connectivity index (χ2n) is 19.2. The minimum Gasteiger partial charge on any atom is -0.451 e. The molecular weight excluding hydrogens is 791 g/mol. The highest BCUT2D eigenvalue weighted by atomic mass is 16.5. The first-order valence-corrected chi connectivity index (χ1v) is 23.5. The Kier molecular flexibility index (Phi) is 23.0. The van der Waals surface area contributed by atoms with Crippen molar-refractivity contribution in [1.82, 2.24) is 30.7 Å². The van der Waals surface area contributed by atoms with Crippen molar-refractivity contribution in [3.63, 3.8) is 0 Å². The quantitative estimate of drug-likeness (QED) is 0.178. The number of hydrogen-bond acceptors (Lipinski definition) is 9. The Morgan fingerprint density at radius 2 is 1.26 bits per heavy atom. The van der Waals surface area contributed by atoms with Crippen LogP contribution in [-0.4, -0.2) is 120 Å². The van der Waals surface area contributed by atoms with Gasteiger partial charge in [0.05, 0.1) is 6.07 Å². The standard InChI is InChI=1S/C47H81N7O8/c1-13-15-20-31(7)27-36-44(58)52(10)33(9)47(61)62-39(23-19-24-48)43(57)51-40(32(8)14-2)46(60)54(12)37(26-30(5)6)41(55)49-35(25-29(3)4)45(59)53(11)38(42(56)50-36)28-34-21-17-16-18-22-34/h29-40H,13-23,25-28H2,1-12H3,(H,49,55)(H,50,56)(H,51,57)/t31-,32?,33+,35+,36?,37+,38+,39-,40+/m1/s1. The van der Waals surface area contributed by atoms with Gasteiger partial charge in [0.15, 0.2) is 6.10 Å². The fourth-order valence-corrected chi connectivity index (χ4v) is 8.56. The topological polar surface area (TPSA) is 198 Å². The van der Waals surface area contributed by atoms with Crippen LogP contribution >= 0.6 is 0 Å². The minimum absolute atomic E-state index is 0.0215. The summed E-state index contributed by atoms with van der Waals surface area (Å²) in [6.45, 7) is 17.0. The molecule has 9 atom stereocenters. The van der Waals surface area contributed by atoms with Gasteiger partial charge in [0.25, 0.3) is 5.91 Å². The van der Waals surface area contributed by atoms with Gasteiger partial charge in [-0.3, -0.25) is 28.8 Å². The van der Waals surface area contributed by atoms with Crippen molar-refractivity contribution in [2.24, 2.45) is 29.6 Å². The number of nitrogens with zero attached hydrogens (tertiary/aromatic N) is 4. The zero-order valence-corrected chi connectivity index (χ0v) is 40.1. The number of nitrogens with one attached hydrogen (secondary N) is 3. The van der Waals surface area contributed by atoms with Crippen LogP contribution < -0.4 is 16.0 Å². The summed E-state index contributed by atoms with van der Waals surface area (Å²) in [5.41, 5.74) is 0. The number of hydrogen-bond donors (Lipinski definition) is 3. The molecule has 3 N–H and O–H groups in total. The number of unbranched alkanes of at least 4 members (excludes halogenated alkanes) is 1. The van der Waals surface area contributed by atoms with Gasteiger partial charge >= 0.3 is 5.97 Å². The van der Waals surface area contributed by atoms with E-state index in [2.05, 4.69) is 22.9 Å². The summed E-state index contributed by atoms with van der Waals surface area (Å²) in [6.07, 6.45) is 7.47. The monoisotopic (exact) mass is 872 g/mol. The molecule has 0 aromatic rings. The van der Waals surface area contributed by atoms with Crippen LogP contribution in [0.3, 0.4) is 0 Å². The molecule has 1 saturated carbocycles. The predicted molar refractivity (Wildman–Crippen MR) is 239 cm³/mol. The maximum atomic E-state index is 14.8. The van der Waals surface area contributed by atoms with Crippen molar-refractivity contribution >= 4 is 41.4 Å². The first-order chi connectivity index (χ1) is 29.2. The van der Waals surface area contributed by atoms with Crippen LogP contribution in [0, 0.1) is 40.9 Å². The van der Waals surface area contributed by atoms with Crippen LogP contribution in [0.25, 0.3) is 0 Å². The van der Waals surface area contributed by atoms with Gasteiger partial charge in [0, 0.05) is 34.0 Å². The molecule has 1 aliphatic heterocycles. The maximum Gasteiger partial charge on any atom is 0.329 e. The van der Waals surface area contributed by atoms with Gasteiger partial charge in [0.2, 0.25) is 29.5 Å². The van der Waals surface area contributed by atoms with E-state index in [4.69, 9.17) is 4.74 Å². The molecule has 1 aliphatic carbocycles. The smallest absolute Gasteiger partial charge is 0.329 e. The number of esters is 1. The fraction of sp³-hybridized carbons (Fsp3) is 0.830. The van der Waals surface area contributed by atoms with E-state index in [1.54, 1.807) is 14.0 Å². The lowest BCUT2D eigenvalue weighted by atomic mass is 9.84. The Bertz CT molecular complexity index is 1540. The van der Waals surface area contributed by atoms with Gasteiger partial charge < -0.3 is 35.4 Å². The van der Waals surface area contributed by atoms with Crippen LogP contribution in [-0.2, 0) is 38.3 Å². The lowest BCUT2D eigenvalue weighted by molar-refractivity contribution is -0.163. The number of ether oxygens (including phenoxy) is 1. The van der Waals surface area contributed by atoms with Gasteiger partial charge in [-0.05, 0) is 62.2 Å². The summed E-state index contributed by atoms with van der Waals surface area (Å²) >= 11 is 0. The molecule has 0 aromatic carbocycles. The summed E-state index contributed by atoms with van der Waals surface area (Å²) in [7, 11) is 4.53. The van der Waals surface area contributed by atoms with Crippen molar-refractivity contribution in [2.75, 3.05) is 21.1 Å². The number of cyclic esters (lactones) is 1. The zero-order valence-electron chi connectivity index (χ0n) is 40.1. The Labute approximate surface area is 372 Å². The average molecular weight is 872 g/mol. The summed E-state index contributed by atoms with van der Waals surface area (Å²) in [6, 6.07) is -4.44. The van der Waals surface area contributed by atoms with E-state index in [-0.39, 0.29) is 55.8 Å². The summed E-state index contributed by atoms with van der Waals surface area (Å²) in [4.78, 5) is 105. The SMILES string of the molecule is CCCC[C@@H](C)CC1NC(=O)[C@H](CC2CCCCC2)N(C)C(=O)[C@H](CC(C)C)NC(=O)[C@H](CC(C)C)N(C)C(=O)[C@H](C(C)CC)NC(=O)[C@@H](CCC#N)OC(=O)[C@H](C)N(C)C1=O. The third kappa shape index (κ3) is 16.2. The number of amides is 6. The highest BCUT2D eigenvalue weighted by molar-refractivity contribution is 5.97. The van der Waals surface area contributed by atoms with Gasteiger partial charge in [-0.1, -0.05) is 113 Å². The largest absolute Gasteiger partial charge is 0.451 e. The molecule has 0 spiro atoms. The van der Waals surface area contributed by atoms with Crippen LogP contribution in [0.1, 0.15) is 159 Å². The zero-order chi connectivity index (χ0) is 46.8. The number of rotatable bonds is 15. The molecule has 1 saturated heterocycles. The Hall–Kier alpha value is -4.22. The Morgan fingerprint density at radius 3 is 1.81 bits per heavy atom. The molecule has 0 aromatic heterocycles. The second kappa shape index (κ2) is 26.4. The van der Waals surface area contributed by atoms with Crippen LogP contribution in [0.15, 0.2) is 0 Å². The van der Waals surface area contributed by atoms with Crippen molar-refractivity contribution in [2.45, 2.75) is 201 Å². The van der Waals surface area contributed by atoms with Crippen LogP contribution in [0.5, 0.6) is 0 Å². The molecule has 62 heavy (non-hydrogen) atoms. The molecule has 2 fully saturated rings. The van der Waals surface area contributed by atoms with E-state index >= 15 is 0 Å². The van der Waals surface area contributed by atoms with Crippen LogP contribution in [0.2, 0.25) is 0 Å². The van der Waals surface area contributed by atoms with E-state index in [1.165, 1.54) is 35.7 Å². The minimum atomic E-state index is -1.47. The van der Waals surface area contributed by atoms with Crippen molar-refractivity contribution in [1.29, 1.82) is 5.26 Å². The highest BCUT2D eigenvalue weighted by Crippen LogP contribution is 2.30. The van der Waals surface area contributed by atoms with Crippen LogP contribution in [0.4, 0.5) is 0 Å².